The zero-order chi connectivity index (χ0) is 18.8. The van der Waals surface area contributed by atoms with Crippen LogP contribution in [0, 0.1) is 0 Å². The van der Waals surface area contributed by atoms with E-state index >= 15 is 0 Å². The molecule has 0 bridgehead atoms. The van der Waals surface area contributed by atoms with Crippen molar-refractivity contribution in [3.63, 3.8) is 0 Å². The molecule has 0 fully saturated rings. The van der Waals surface area contributed by atoms with Gasteiger partial charge in [-0.15, -0.1) is 0 Å². The molecule has 0 saturated heterocycles. The zero-order valence-corrected chi connectivity index (χ0v) is 16.4. The van der Waals surface area contributed by atoms with Crippen LogP contribution in [0.2, 0.25) is 5.02 Å². The van der Waals surface area contributed by atoms with Crippen molar-refractivity contribution in [1.29, 1.82) is 0 Å². The van der Waals surface area contributed by atoms with Crippen LogP contribution in [0.15, 0.2) is 64.5 Å². The van der Waals surface area contributed by atoms with Crippen molar-refractivity contribution in [1.82, 2.24) is 10.6 Å². The van der Waals surface area contributed by atoms with E-state index < -0.39 is 9.84 Å². The summed E-state index contributed by atoms with van der Waals surface area (Å²) in [6, 6.07) is 16.2. The first kappa shape index (κ1) is 20.3. The van der Waals surface area contributed by atoms with Gasteiger partial charge in [0.1, 0.15) is 0 Å². The molecule has 0 aliphatic heterocycles. The van der Waals surface area contributed by atoms with E-state index in [1.54, 1.807) is 30.3 Å². The van der Waals surface area contributed by atoms with Gasteiger partial charge in [0.25, 0.3) is 0 Å². The lowest BCUT2D eigenvalue weighted by Crippen LogP contribution is -2.38. The molecule has 2 rings (SSSR count). The van der Waals surface area contributed by atoms with Crippen LogP contribution in [-0.4, -0.2) is 39.8 Å². The average molecular weight is 394 g/mol. The highest BCUT2D eigenvalue weighted by Crippen LogP contribution is 2.11. The molecule has 0 spiro atoms. The van der Waals surface area contributed by atoms with Gasteiger partial charge in [-0.1, -0.05) is 41.9 Å². The van der Waals surface area contributed by atoms with Gasteiger partial charge in [-0.2, -0.15) is 0 Å². The van der Waals surface area contributed by atoms with Crippen LogP contribution < -0.4 is 10.6 Å². The fourth-order valence-electron chi connectivity index (χ4n) is 2.38. The van der Waals surface area contributed by atoms with E-state index in [9.17, 15) is 8.42 Å². The molecule has 2 N–H and O–H groups in total. The number of aliphatic imine (C=N–C) groups is 1. The van der Waals surface area contributed by atoms with Gasteiger partial charge in [0.15, 0.2) is 15.8 Å². The number of hydrogen-bond donors (Lipinski definition) is 2. The van der Waals surface area contributed by atoms with Gasteiger partial charge < -0.3 is 10.6 Å². The van der Waals surface area contributed by atoms with Crippen molar-refractivity contribution in [2.24, 2.45) is 4.99 Å². The van der Waals surface area contributed by atoms with Crippen molar-refractivity contribution in [2.75, 3.05) is 25.4 Å². The number of guanidine groups is 1. The fourth-order valence-corrected chi connectivity index (χ4v) is 3.73. The Morgan fingerprint density at radius 2 is 1.85 bits per heavy atom. The van der Waals surface area contributed by atoms with Gasteiger partial charge in [0.2, 0.25) is 0 Å². The van der Waals surface area contributed by atoms with E-state index in [1.807, 2.05) is 31.2 Å². The number of hydrogen-bond acceptors (Lipinski definition) is 3. The van der Waals surface area contributed by atoms with Gasteiger partial charge in [-0.3, -0.25) is 4.99 Å². The first-order valence-electron chi connectivity index (χ1n) is 8.55. The van der Waals surface area contributed by atoms with Gasteiger partial charge in [-0.25, -0.2) is 8.42 Å². The maximum Gasteiger partial charge on any atom is 0.191 e. The minimum atomic E-state index is -3.32. The smallest absolute Gasteiger partial charge is 0.191 e. The topological polar surface area (TPSA) is 70.6 Å². The molecular weight excluding hydrogens is 370 g/mol. The molecule has 0 amide bonds. The van der Waals surface area contributed by atoms with Crippen LogP contribution in [0.5, 0.6) is 0 Å². The number of benzene rings is 2. The van der Waals surface area contributed by atoms with Crippen molar-refractivity contribution in [3.05, 3.63) is 65.2 Å². The molecule has 0 aliphatic rings. The van der Waals surface area contributed by atoms with Crippen molar-refractivity contribution in [3.8, 4) is 0 Å². The van der Waals surface area contributed by atoms with E-state index in [0.717, 1.165) is 12.0 Å². The fraction of sp³-hybridized carbons (Fsp3) is 0.316. The third kappa shape index (κ3) is 6.69. The lowest BCUT2D eigenvalue weighted by atomic mass is 10.1. The molecule has 0 heterocycles. The molecule has 2 aromatic carbocycles. The van der Waals surface area contributed by atoms with Crippen LogP contribution in [0.1, 0.15) is 12.5 Å². The summed E-state index contributed by atoms with van der Waals surface area (Å²) in [5.74, 6) is 0.583. The average Bonchev–Trinajstić information content (AvgIpc) is 2.62. The molecule has 140 valence electrons. The van der Waals surface area contributed by atoms with E-state index in [4.69, 9.17) is 11.6 Å². The summed E-state index contributed by atoms with van der Waals surface area (Å²) in [6.07, 6.45) is 0.799. The second kappa shape index (κ2) is 10.2. The highest BCUT2D eigenvalue weighted by atomic mass is 35.5. The van der Waals surface area contributed by atoms with Crippen molar-refractivity contribution in [2.45, 2.75) is 18.2 Å². The largest absolute Gasteiger partial charge is 0.357 e. The van der Waals surface area contributed by atoms with Crippen LogP contribution in [0.4, 0.5) is 0 Å². The Balaban J connectivity index is 1.88. The summed E-state index contributed by atoms with van der Waals surface area (Å²) in [6.45, 7) is 3.55. The number of halogens is 1. The van der Waals surface area contributed by atoms with Crippen LogP contribution >= 0.6 is 11.6 Å². The minimum absolute atomic E-state index is 0.0259. The molecule has 2 aromatic rings. The number of rotatable bonds is 8. The Kier molecular flexibility index (Phi) is 7.94. The molecular formula is C19H24ClN3O2S. The number of sulfone groups is 1. The Morgan fingerprint density at radius 1 is 1.08 bits per heavy atom. The van der Waals surface area contributed by atoms with E-state index in [0.29, 0.717) is 29.0 Å². The summed E-state index contributed by atoms with van der Waals surface area (Å²) >= 11 is 5.98. The van der Waals surface area contributed by atoms with E-state index in [1.165, 1.54) is 0 Å². The summed E-state index contributed by atoms with van der Waals surface area (Å²) in [5.41, 5.74) is 1.13. The molecule has 0 saturated carbocycles. The maximum atomic E-state index is 12.3. The second-order valence-electron chi connectivity index (χ2n) is 5.70. The lowest BCUT2D eigenvalue weighted by molar-refractivity contribution is 0.596. The Labute approximate surface area is 160 Å². The summed E-state index contributed by atoms with van der Waals surface area (Å²) in [7, 11) is -3.32. The quantitative estimate of drug-likeness (QED) is 0.534. The van der Waals surface area contributed by atoms with Gasteiger partial charge in [0, 0.05) is 18.1 Å². The van der Waals surface area contributed by atoms with Crippen molar-refractivity contribution >= 4 is 27.4 Å². The molecule has 0 aliphatic carbocycles. The Hall–Kier alpha value is -2.05. The summed E-state index contributed by atoms with van der Waals surface area (Å²) in [4.78, 5) is 4.69. The highest BCUT2D eigenvalue weighted by Gasteiger charge is 2.13. The number of nitrogens with zero attached hydrogens (tertiary/aromatic N) is 1. The standard InChI is InChI=1S/C19H24ClN3O2S/c1-2-21-19(22-12-11-16-7-6-8-17(20)15-16)23-13-14-26(24,25)18-9-4-3-5-10-18/h3-10,15H,2,11-14H2,1H3,(H2,21,22,23). The predicted octanol–water partition coefficient (Wildman–Crippen LogP) is 2.91. The molecule has 0 radical (unpaired) electrons. The van der Waals surface area contributed by atoms with Crippen molar-refractivity contribution < 1.29 is 8.42 Å². The molecule has 5 nitrogen and oxygen atoms in total. The Morgan fingerprint density at radius 3 is 2.54 bits per heavy atom. The highest BCUT2D eigenvalue weighted by molar-refractivity contribution is 7.91. The normalized spacial score (nSPS) is 12.0. The molecule has 0 unspecified atom stereocenters. The molecule has 0 aromatic heterocycles. The number of nitrogens with one attached hydrogen (secondary N) is 2. The van der Waals surface area contributed by atoms with Gasteiger partial charge >= 0.3 is 0 Å². The Bertz CT molecular complexity index is 824. The van der Waals surface area contributed by atoms with Crippen LogP contribution in [0.3, 0.4) is 0 Å². The summed E-state index contributed by atoms with van der Waals surface area (Å²) < 4.78 is 24.6. The lowest BCUT2D eigenvalue weighted by Gasteiger charge is -2.11. The first-order chi connectivity index (χ1) is 12.5. The SMILES string of the molecule is CCNC(=NCCS(=O)(=O)c1ccccc1)NCCc1cccc(Cl)c1. The van der Waals surface area contributed by atoms with Crippen LogP contribution in [-0.2, 0) is 16.3 Å². The first-order valence-corrected chi connectivity index (χ1v) is 10.6. The monoisotopic (exact) mass is 393 g/mol. The summed E-state index contributed by atoms with van der Waals surface area (Å²) in [5, 5.41) is 7.06. The van der Waals surface area contributed by atoms with Crippen LogP contribution in [0.25, 0.3) is 0 Å². The molecule has 7 heteroatoms. The van der Waals surface area contributed by atoms with E-state index in [2.05, 4.69) is 15.6 Å². The van der Waals surface area contributed by atoms with Gasteiger partial charge in [-0.05, 0) is 43.2 Å². The third-order valence-corrected chi connectivity index (χ3v) is 5.62. The minimum Gasteiger partial charge on any atom is -0.357 e. The third-order valence-electron chi connectivity index (χ3n) is 3.67. The predicted molar refractivity (Wildman–Crippen MR) is 108 cm³/mol. The van der Waals surface area contributed by atoms with Gasteiger partial charge in [0.05, 0.1) is 17.2 Å². The zero-order valence-electron chi connectivity index (χ0n) is 14.8. The molecule has 26 heavy (non-hydrogen) atoms. The van der Waals surface area contributed by atoms with E-state index in [-0.39, 0.29) is 12.3 Å². The molecule has 0 atom stereocenters. The second-order valence-corrected chi connectivity index (χ2v) is 8.24. The maximum absolute atomic E-state index is 12.3.